The van der Waals surface area contributed by atoms with Crippen molar-refractivity contribution in [3.63, 3.8) is 0 Å². The van der Waals surface area contributed by atoms with Gasteiger partial charge in [0.2, 0.25) is 11.8 Å². The summed E-state index contributed by atoms with van der Waals surface area (Å²) in [6.07, 6.45) is 6.72. The summed E-state index contributed by atoms with van der Waals surface area (Å²) >= 11 is 6.42. The van der Waals surface area contributed by atoms with Gasteiger partial charge in [-0.2, -0.15) is 10.4 Å². The van der Waals surface area contributed by atoms with E-state index in [0.29, 0.717) is 22.2 Å². The second kappa shape index (κ2) is 10.6. The average Bonchev–Trinajstić information content (AvgIpc) is 3.05. The van der Waals surface area contributed by atoms with Crippen molar-refractivity contribution in [2.45, 2.75) is 40.2 Å². The SMILES string of the molecule is CCCCn1nc(C)c(/C=C/C(=O)Nc2ccc(Oc3ncccc3C#N)cc2C)c1Cl. The minimum absolute atomic E-state index is 0.237. The Morgan fingerprint density at radius 2 is 2.16 bits per heavy atom. The maximum atomic E-state index is 12.5. The summed E-state index contributed by atoms with van der Waals surface area (Å²) in [4.78, 5) is 16.5. The first-order chi connectivity index (χ1) is 15.4. The van der Waals surface area contributed by atoms with Crippen molar-refractivity contribution in [3.05, 3.63) is 70.1 Å². The molecule has 3 rings (SSSR count). The van der Waals surface area contributed by atoms with Gasteiger partial charge in [-0.25, -0.2) is 4.98 Å². The number of aromatic nitrogens is 3. The van der Waals surface area contributed by atoms with Crippen molar-refractivity contribution in [3.8, 4) is 17.7 Å². The van der Waals surface area contributed by atoms with Crippen LogP contribution in [0.3, 0.4) is 0 Å². The van der Waals surface area contributed by atoms with Crippen molar-refractivity contribution in [1.82, 2.24) is 14.8 Å². The molecule has 0 spiro atoms. The summed E-state index contributed by atoms with van der Waals surface area (Å²) in [6.45, 7) is 6.58. The van der Waals surface area contributed by atoms with Gasteiger partial charge in [-0.3, -0.25) is 9.48 Å². The topological polar surface area (TPSA) is 92.8 Å². The lowest BCUT2D eigenvalue weighted by molar-refractivity contribution is -0.111. The molecule has 32 heavy (non-hydrogen) atoms. The maximum absolute atomic E-state index is 12.5. The van der Waals surface area contributed by atoms with Crippen LogP contribution in [-0.4, -0.2) is 20.7 Å². The number of carbonyl (C=O) groups excluding carboxylic acids is 1. The van der Waals surface area contributed by atoms with E-state index in [1.807, 2.05) is 19.9 Å². The van der Waals surface area contributed by atoms with Crippen LogP contribution in [0.4, 0.5) is 5.69 Å². The number of nitriles is 1. The molecule has 164 valence electrons. The molecule has 0 bridgehead atoms. The van der Waals surface area contributed by atoms with Crippen LogP contribution in [-0.2, 0) is 11.3 Å². The Bertz CT molecular complexity index is 1190. The molecule has 0 radical (unpaired) electrons. The van der Waals surface area contributed by atoms with Gasteiger partial charge >= 0.3 is 0 Å². The Morgan fingerprint density at radius 3 is 2.88 bits per heavy atom. The van der Waals surface area contributed by atoms with E-state index < -0.39 is 0 Å². The molecule has 0 aliphatic rings. The molecule has 0 saturated heterocycles. The zero-order valence-corrected chi connectivity index (χ0v) is 19.0. The number of rotatable bonds is 8. The first-order valence-electron chi connectivity index (χ1n) is 10.3. The molecule has 0 atom stereocenters. The van der Waals surface area contributed by atoms with Crippen LogP contribution in [0.1, 0.15) is 42.1 Å². The number of carbonyl (C=O) groups is 1. The summed E-state index contributed by atoms with van der Waals surface area (Å²) in [7, 11) is 0. The number of benzene rings is 1. The molecule has 0 aliphatic heterocycles. The molecule has 1 amide bonds. The van der Waals surface area contributed by atoms with E-state index in [4.69, 9.17) is 21.6 Å². The summed E-state index contributed by atoms with van der Waals surface area (Å²) in [5.41, 5.74) is 3.32. The monoisotopic (exact) mass is 449 g/mol. The number of nitrogens with one attached hydrogen (secondary N) is 1. The maximum Gasteiger partial charge on any atom is 0.248 e. The number of halogens is 1. The number of hydrogen-bond acceptors (Lipinski definition) is 5. The lowest BCUT2D eigenvalue weighted by Gasteiger charge is -2.10. The molecule has 0 unspecified atom stereocenters. The van der Waals surface area contributed by atoms with Crippen molar-refractivity contribution < 1.29 is 9.53 Å². The van der Waals surface area contributed by atoms with Gasteiger partial charge in [-0.05, 0) is 62.2 Å². The zero-order valence-electron chi connectivity index (χ0n) is 18.2. The van der Waals surface area contributed by atoms with Crippen LogP contribution < -0.4 is 10.1 Å². The number of aryl methyl sites for hydroxylation is 3. The highest BCUT2D eigenvalue weighted by Gasteiger charge is 2.12. The lowest BCUT2D eigenvalue weighted by Crippen LogP contribution is -2.09. The number of pyridine rings is 1. The molecule has 7 nitrogen and oxygen atoms in total. The Labute approximate surface area is 192 Å². The van der Waals surface area contributed by atoms with E-state index in [9.17, 15) is 4.79 Å². The van der Waals surface area contributed by atoms with Crippen LogP contribution in [0, 0.1) is 25.2 Å². The molecular weight excluding hydrogens is 426 g/mol. The molecule has 0 fully saturated rings. The second-order valence-corrected chi connectivity index (χ2v) is 7.59. The smallest absolute Gasteiger partial charge is 0.248 e. The van der Waals surface area contributed by atoms with Crippen molar-refractivity contribution >= 4 is 29.3 Å². The van der Waals surface area contributed by atoms with E-state index in [0.717, 1.165) is 36.2 Å². The van der Waals surface area contributed by atoms with Gasteiger partial charge in [0.1, 0.15) is 22.5 Å². The highest BCUT2D eigenvalue weighted by molar-refractivity contribution is 6.31. The van der Waals surface area contributed by atoms with Crippen LogP contribution in [0.15, 0.2) is 42.6 Å². The number of amides is 1. The average molecular weight is 450 g/mol. The summed E-state index contributed by atoms with van der Waals surface area (Å²) in [5.74, 6) is 0.476. The largest absolute Gasteiger partial charge is 0.438 e. The normalized spacial score (nSPS) is 10.8. The fraction of sp³-hybridized carbons (Fsp3) is 0.250. The predicted molar refractivity (Wildman–Crippen MR) is 125 cm³/mol. The molecule has 1 aromatic carbocycles. The lowest BCUT2D eigenvalue weighted by atomic mass is 10.2. The Morgan fingerprint density at radius 1 is 1.34 bits per heavy atom. The highest BCUT2D eigenvalue weighted by atomic mass is 35.5. The van der Waals surface area contributed by atoms with Crippen LogP contribution in [0.5, 0.6) is 11.6 Å². The van der Waals surface area contributed by atoms with E-state index in [1.54, 1.807) is 47.3 Å². The van der Waals surface area contributed by atoms with Gasteiger partial charge in [0.05, 0.1) is 5.69 Å². The number of nitrogens with zero attached hydrogens (tertiary/aromatic N) is 4. The Kier molecular flexibility index (Phi) is 7.63. The molecule has 0 saturated carbocycles. The summed E-state index contributed by atoms with van der Waals surface area (Å²) < 4.78 is 7.48. The predicted octanol–water partition coefficient (Wildman–Crippen LogP) is 5.66. The van der Waals surface area contributed by atoms with Crippen LogP contribution in [0.2, 0.25) is 5.15 Å². The fourth-order valence-electron chi connectivity index (χ4n) is 3.05. The van der Waals surface area contributed by atoms with Gasteiger partial charge in [-0.1, -0.05) is 24.9 Å². The van der Waals surface area contributed by atoms with Crippen molar-refractivity contribution in [2.75, 3.05) is 5.32 Å². The molecule has 1 N–H and O–H groups in total. The van der Waals surface area contributed by atoms with E-state index in [2.05, 4.69) is 22.3 Å². The molecule has 0 aliphatic carbocycles. The first-order valence-corrected chi connectivity index (χ1v) is 10.7. The molecular formula is C24H24ClN5O2. The van der Waals surface area contributed by atoms with Gasteiger partial charge in [0.15, 0.2) is 0 Å². The van der Waals surface area contributed by atoms with Gasteiger partial charge in [-0.15, -0.1) is 0 Å². The standard InChI is InChI=1S/C24H24ClN5O2/c1-4-5-13-30-23(25)20(17(3)29-30)9-11-22(31)28-21-10-8-19(14-16(21)2)32-24-18(15-26)7-6-12-27-24/h6-12,14H,4-5,13H2,1-3H3,(H,28,31)/b11-9+. The molecule has 3 aromatic rings. The fourth-order valence-corrected chi connectivity index (χ4v) is 3.38. The third-order valence-electron chi connectivity index (χ3n) is 4.80. The van der Waals surface area contributed by atoms with E-state index >= 15 is 0 Å². The van der Waals surface area contributed by atoms with Crippen LogP contribution in [0.25, 0.3) is 6.08 Å². The molecule has 2 heterocycles. The highest BCUT2D eigenvalue weighted by Crippen LogP contribution is 2.27. The minimum atomic E-state index is -0.282. The second-order valence-electron chi connectivity index (χ2n) is 7.24. The molecule has 8 heteroatoms. The van der Waals surface area contributed by atoms with Gasteiger partial charge < -0.3 is 10.1 Å². The van der Waals surface area contributed by atoms with E-state index in [1.165, 1.54) is 6.08 Å². The van der Waals surface area contributed by atoms with Crippen molar-refractivity contribution in [1.29, 1.82) is 5.26 Å². The summed E-state index contributed by atoms with van der Waals surface area (Å²) in [6, 6.07) is 10.6. The molecule has 2 aromatic heterocycles. The summed E-state index contributed by atoms with van der Waals surface area (Å²) in [5, 5.41) is 17.0. The minimum Gasteiger partial charge on any atom is -0.438 e. The third-order valence-corrected chi connectivity index (χ3v) is 5.19. The van der Waals surface area contributed by atoms with Gasteiger partial charge in [0, 0.05) is 30.1 Å². The first kappa shape index (κ1) is 23.0. The number of hydrogen-bond donors (Lipinski definition) is 1. The quantitative estimate of drug-likeness (QED) is 0.447. The van der Waals surface area contributed by atoms with Gasteiger partial charge in [0.25, 0.3) is 0 Å². The Hall–Kier alpha value is -3.63. The number of anilines is 1. The number of unbranched alkanes of at least 4 members (excludes halogenated alkanes) is 1. The number of ether oxygens (including phenoxy) is 1. The Balaban J connectivity index is 1.68. The van der Waals surface area contributed by atoms with Crippen molar-refractivity contribution in [2.24, 2.45) is 0 Å². The van der Waals surface area contributed by atoms with E-state index in [-0.39, 0.29) is 11.8 Å². The third kappa shape index (κ3) is 5.54. The zero-order chi connectivity index (χ0) is 23.1. The van der Waals surface area contributed by atoms with Crippen LogP contribution >= 0.6 is 11.6 Å².